The zero-order valence-corrected chi connectivity index (χ0v) is 15.7. The molecule has 2 heterocycles. The van der Waals surface area contributed by atoms with Gasteiger partial charge in [0.2, 0.25) is 0 Å². The number of rotatable bonds is 5. The Morgan fingerprint density at radius 1 is 1.00 bits per heavy atom. The van der Waals surface area contributed by atoms with Crippen LogP contribution < -0.4 is 5.32 Å². The van der Waals surface area contributed by atoms with Gasteiger partial charge in [0.15, 0.2) is 23.1 Å². The first kappa shape index (κ1) is 17.8. The summed E-state index contributed by atoms with van der Waals surface area (Å²) in [6.45, 7) is 1.49. The van der Waals surface area contributed by atoms with Crippen molar-refractivity contribution in [2.75, 3.05) is 5.32 Å². The third-order valence-electron chi connectivity index (χ3n) is 4.08. The molecule has 1 N–H and O–H groups in total. The normalized spacial score (nSPS) is 10.6. The molecule has 28 heavy (non-hydrogen) atoms. The number of thiazole rings is 1. The number of carbonyl (C=O) groups is 2. The van der Waals surface area contributed by atoms with Crippen LogP contribution in [-0.4, -0.2) is 21.7 Å². The summed E-state index contributed by atoms with van der Waals surface area (Å²) in [6.07, 6.45) is 2.97. The summed E-state index contributed by atoms with van der Waals surface area (Å²) in [7, 11) is 0. The Kier molecular flexibility index (Phi) is 4.82. The standard InChI is InChI=1S/C21H15N3O3S/c1-13(25)19-18(15-5-3-2-4-6-15)23-21(28-19)24-20(26)16-9-7-14(8-10-16)17-11-22-12-27-17/h2-12H,1H3,(H,23,24,26). The third kappa shape index (κ3) is 3.60. The quantitative estimate of drug-likeness (QED) is 0.490. The summed E-state index contributed by atoms with van der Waals surface area (Å²) in [4.78, 5) is 33.4. The molecule has 2 aromatic heterocycles. The van der Waals surface area contributed by atoms with Crippen LogP contribution in [0.2, 0.25) is 0 Å². The highest BCUT2D eigenvalue weighted by Crippen LogP contribution is 2.31. The van der Waals surface area contributed by atoms with E-state index in [0.717, 1.165) is 11.1 Å². The summed E-state index contributed by atoms with van der Waals surface area (Å²) < 4.78 is 5.24. The van der Waals surface area contributed by atoms with Crippen molar-refractivity contribution in [3.8, 4) is 22.6 Å². The molecule has 0 saturated carbocycles. The van der Waals surface area contributed by atoms with Crippen molar-refractivity contribution in [3.63, 3.8) is 0 Å². The van der Waals surface area contributed by atoms with E-state index in [1.54, 1.807) is 30.5 Å². The summed E-state index contributed by atoms with van der Waals surface area (Å²) in [6, 6.07) is 16.4. The Labute approximate surface area is 164 Å². The van der Waals surface area contributed by atoms with Crippen molar-refractivity contribution in [1.29, 1.82) is 0 Å². The van der Waals surface area contributed by atoms with Crippen LogP contribution in [-0.2, 0) is 0 Å². The Hall–Kier alpha value is -3.58. The van der Waals surface area contributed by atoms with Crippen LogP contribution in [0.25, 0.3) is 22.6 Å². The number of aromatic nitrogens is 2. The number of hydrogen-bond acceptors (Lipinski definition) is 6. The van der Waals surface area contributed by atoms with Crippen LogP contribution in [0.5, 0.6) is 0 Å². The number of Topliss-reactive ketones (excluding diaryl/α,β-unsaturated/α-hetero) is 1. The number of hydrogen-bond donors (Lipinski definition) is 1. The molecule has 7 heteroatoms. The van der Waals surface area contributed by atoms with Crippen LogP contribution in [0.1, 0.15) is 27.0 Å². The molecule has 0 atom stereocenters. The van der Waals surface area contributed by atoms with Gasteiger partial charge in [-0.15, -0.1) is 0 Å². The maximum absolute atomic E-state index is 12.6. The average molecular weight is 389 g/mol. The second-order valence-corrected chi connectivity index (χ2v) is 7.02. The molecule has 4 rings (SSSR count). The molecule has 138 valence electrons. The molecule has 0 unspecified atom stereocenters. The average Bonchev–Trinajstić information content (AvgIpc) is 3.39. The molecule has 0 bridgehead atoms. The lowest BCUT2D eigenvalue weighted by Crippen LogP contribution is -2.11. The molecule has 0 radical (unpaired) electrons. The van der Waals surface area contributed by atoms with Gasteiger partial charge in [0, 0.05) is 23.6 Å². The van der Waals surface area contributed by atoms with Gasteiger partial charge in [0.05, 0.1) is 16.8 Å². The number of anilines is 1. The number of carbonyl (C=O) groups excluding carboxylic acids is 2. The van der Waals surface area contributed by atoms with Gasteiger partial charge in [-0.1, -0.05) is 53.8 Å². The Morgan fingerprint density at radius 2 is 1.75 bits per heavy atom. The van der Waals surface area contributed by atoms with E-state index < -0.39 is 0 Å². The van der Waals surface area contributed by atoms with Crippen molar-refractivity contribution < 1.29 is 14.0 Å². The van der Waals surface area contributed by atoms with Gasteiger partial charge in [-0.05, 0) is 12.1 Å². The molecule has 1 amide bonds. The van der Waals surface area contributed by atoms with Crippen molar-refractivity contribution >= 4 is 28.2 Å². The first-order valence-electron chi connectivity index (χ1n) is 8.49. The minimum absolute atomic E-state index is 0.0896. The first-order chi connectivity index (χ1) is 13.6. The van der Waals surface area contributed by atoms with Gasteiger partial charge in [0.25, 0.3) is 5.91 Å². The van der Waals surface area contributed by atoms with Crippen LogP contribution in [0.15, 0.2) is 71.6 Å². The highest BCUT2D eigenvalue weighted by Gasteiger charge is 2.18. The number of benzene rings is 2. The molecular weight excluding hydrogens is 374 g/mol. The lowest BCUT2D eigenvalue weighted by Gasteiger charge is -2.03. The van der Waals surface area contributed by atoms with E-state index in [1.807, 2.05) is 30.3 Å². The van der Waals surface area contributed by atoms with Gasteiger partial charge in [0.1, 0.15) is 0 Å². The summed E-state index contributed by atoms with van der Waals surface area (Å²) >= 11 is 1.17. The molecule has 0 aliphatic heterocycles. The van der Waals surface area contributed by atoms with Gasteiger partial charge in [-0.25, -0.2) is 9.97 Å². The van der Waals surface area contributed by atoms with Crippen molar-refractivity contribution in [3.05, 3.63) is 77.6 Å². The molecule has 2 aromatic carbocycles. The maximum Gasteiger partial charge on any atom is 0.257 e. The monoisotopic (exact) mass is 389 g/mol. The lowest BCUT2D eigenvalue weighted by atomic mass is 10.1. The number of ketones is 1. The fraction of sp³-hybridized carbons (Fsp3) is 0.0476. The van der Waals surface area contributed by atoms with Crippen LogP contribution in [0, 0.1) is 0 Å². The predicted molar refractivity (Wildman–Crippen MR) is 107 cm³/mol. The molecule has 0 fully saturated rings. The molecule has 0 spiro atoms. The Bertz CT molecular complexity index is 1120. The molecular formula is C21H15N3O3S. The molecule has 0 aliphatic carbocycles. The van der Waals surface area contributed by atoms with Gasteiger partial charge >= 0.3 is 0 Å². The van der Waals surface area contributed by atoms with Crippen LogP contribution in [0.3, 0.4) is 0 Å². The second kappa shape index (κ2) is 7.58. The smallest absolute Gasteiger partial charge is 0.257 e. The minimum Gasteiger partial charge on any atom is -0.444 e. The molecule has 0 aliphatic rings. The van der Waals surface area contributed by atoms with E-state index in [2.05, 4.69) is 15.3 Å². The number of amides is 1. The topological polar surface area (TPSA) is 85.1 Å². The third-order valence-corrected chi connectivity index (χ3v) is 5.15. The Morgan fingerprint density at radius 3 is 2.39 bits per heavy atom. The van der Waals surface area contributed by atoms with Crippen molar-refractivity contribution in [1.82, 2.24) is 9.97 Å². The summed E-state index contributed by atoms with van der Waals surface area (Å²) in [5.74, 6) is 0.242. The minimum atomic E-state index is -0.299. The molecule has 6 nitrogen and oxygen atoms in total. The largest absolute Gasteiger partial charge is 0.444 e. The van der Waals surface area contributed by atoms with E-state index in [-0.39, 0.29) is 11.7 Å². The van der Waals surface area contributed by atoms with E-state index in [9.17, 15) is 9.59 Å². The van der Waals surface area contributed by atoms with E-state index >= 15 is 0 Å². The fourth-order valence-electron chi connectivity index (χ4n) is 2.72. The SMILES string of the molecule is CC(=O)c1sc(NC(=O)c2ccc(-c3cnco3)cc2)nc1-c1ccccc1. The van der Waals surface area contributed by atoms with Crippen LogP contribution >= 0.6 is 11.3 Å². The van der Waals surface area contributed by atoms with E-state index in [0.29, 0.717) is 27.0 Å². The number of nitrogens with one attached hydrogen (secondary N) is 1. The van der Waals surface area contributed by atoms with Crippen molar-refractivity contribution in [2.45, 2.75) is 6.92 Å². The van der Waals surface area contributed by atoms with E-state index in [1.165, 1.54) is 24.7 Å². The lowest BCUT2D eigenvalue weighted by molar-refractivity contribution is 0.101. The second-order valence-electron chi connectivity index (χ2n) is 6.02. The fourth-order valence-corrected chi connectivity index (χ4v) is 3.60. The van der Waals surface area contributed by atoms with Gasteiger partial charge in [-0.3, -0.25) is 14.9 Å². The Balaban J connectivity index is 1.57. The highest BCUT2D eigenvalue weighted by atomic mass is 32.1. The van der Waals surface area contributed by atoms with Gasteiger partial charge < -0.3 is 4.42 Å². The molecule has 0 saturated heterocycles. The predicted octanol–water partition coefficient (Wildman–Crippen LogP) is 4.92. The maximum atomic E-state index is 12.6. The first-order valence-corrected chi connectivity index (χ1v) is 9.31. The zero-order chi connectivity index (χ0) is 19.5. The highest BCUT2D eigenvalue weighted by molar-refractivity contribution is 7.18. The number of nitrogens with zero attached hydrogens (tertiary/aromatic N) is 2. The van der Waals surface area contributed by atoms with Crippen molar-refractivity contribution in [2.24, 2.45) is 0 Å². The zero-order valence-electron chi connectivity index (χ0n) is 14.9. The molecule has 4 aromatic rings. The summed E-state index contributed by atoms with van der Waals surface area (Å²) in [5, 5.41) is 3.16. The van der Waals surface area contributed by atoms with Gasteiger partial charge in [-0.2, -0.15) is 0 Å². The van der Waals surface area contributed by atoms with E-state index in [4.69, 9.17) is 4.42 Å². The summed E-state index contributed by atoms with van der Waals surface area (Å²) in [5.41, 5.74) is 2.72. The van der Waals surface area contributed by atoms with Crippen LogP contribution in [0.4, 0.5) is 5.13 Å². The number of oxazole rings is 1.